The Hall–Kier alpha value is -4.42. The Kier molecular flexibility index (Phi) is 6.92. The molecule has 1 N–H and O–H groups in total. The molecule has 0 heterocycles. The lowest BCUT2D eigenvalue weighted by Gasteiger charge is -2.07. The fraction of sp³-hybridized carbons (Fsp3) is 0.0833. The molecule has 3 aromatic rings. The summed E-state index contributed by atoms with van der Waals surface area (Å²) in [7, 11) is 0. The summed E-state index contributed by atoms with van der Waals surface area (Å²) in [5, 5.41) is 22.0. The highest BCUT2D eigenvalue weighted by molar-refractivity contribution is 5.88. The first-order valence-corrected chi connectivity index (χ1v) is 9.19. The third-order valence-corrected chi connectivity index (χ3v) is 4.28. The van der Waals surface area contributed by atoms with Crippen LogP contribution in [0.2, 0.25) is 0 Å². The van der Waals surface area contributed by atoms with Gasteiger partial charge in [-0.25, -0.2) is 5.43 Å². The Balaban J connectivity index is 1.52. The van der Waals surface area contributed by atoms with E-state index in [1.54, 1.807) is 48.5 Å². The molecule has 1 amide bonds. The van der Waals surface area contributed by atoms with Crippen molar-refractivity contribution in [2.45, 2.75) is 12.5 Å². The number of nitrogens with zero attached hydrogens (tertiary/aromatic N) is 3. The largest absolute Gasteiger partial charge is 0.489 e. The molecule has 0 saturated heterocycles. The van der Waals surface area contributed by atoms with Gasteiger partial charge in [0.1, 0.15) is 12.4 Å². The quantitative estimate of drug-likeness (QED) is 0.485. The lowest BCUT2D eigenvalue weighted by atomic mass is 10.0. The van der Waals surface area contributed by atoms with Gasteiger partial charge in [-0.1, -0.05) is 42.5 Å². The Morgan fingerprint density at radius 1 is 1.00 bits per heavy atom. The molecule has 6 heteroatoms. The molecule has 0 radical (unpaired) electrons. The number of carbonyl (C=O) groups excluding carboxylic acids is 1. The molecule has 0 aliphatic heterocycles. The van der Waals surface area contributed by atoms with E-state index < -0.39 is 11.8 Å². The Morgan fingerprint density at radius 3 is 2.33 bits per heavy atom. The predicted molar refractivity (Wildman–Crippen MR) is 112 cm³/mol. The van der Waals surface area contributed by atoms with E-state index in [1.165, 1.54) is 6.21 Å². The second-order valence-corrected chi connectivity index (χ2v) is 6.37. The Bertz CT molecular complexity index is 1090. The highest BCUT2D eigenvalue weighted by Crippen LogP contribution is 2.15. The first-order valence-electron chi connectivity index (χ1n) is 9.19. The van der Waals surface area contributed by atoms with Gasteiger partial charge in [-0.05, 0) is 53.1 Å². The molecule has 6 nitrogen and oxygen atoms in total. The number of carbonyl (C=O) groups is 1. The van der Waals surface area contributed by atoms with Crippen LogP contribution in [0.25, 0.3) is 0 Å². The number of ether oxygens (including phenoxy) is 1. The van der Waals surface area contributed by atoms with Gasteiger partial charge in [-0.3, -0.25) is 4.79 Å². The molecule has 0 aliphatic rings. The lowest BCUT2D eigenvalue weighted by Crippen LogP contribution is -2.24. The summed E-state index contributed by atoms with van der Waals surface area (Å²) in [6.45, 7) is 0.393. The van der Waals surface area contributed by atoms with Crippen molar-refractivity contribution in [2.75, 3.05) is 0 Å². The number of nitrogens with one attached hydrogen (secondary N) is 1. The van der Waals surface area contributed by atoms with Gasteiger partial charge in [0.25, 0.3) is 5.91 Å². The van der Waals surface area contributed by atoms with Gasteiger partial charge in [0.05, 0.1) is 23.9 Å². The van der Waals surface area contributed by atoms with Crippen molar-refractivity contribution < 1.29 is 9.53 Å². The second-order valence-electron chi connectivity index (χ2n) is 6.37. The van der Waals surface area contributed by atoms with Crippen LogP contribution < -0.4 is 10.2 Å². The van der Waals surface area contributed by atoms with Gasteiger partial charge >= 0.3 is 0 Å². The molecule has 0 saturated carbocycles. The zero-order valence-electron chi connectivity index (χ0n) is 16.0. The maximum Gasteiger partial charge on any atom is 0.261 e. The lowest BCUT2D eigenvalue weighted by molar-refractivity contribution is -0.121. The first-order chi connectivity index (χ1) is 14.7. The van der Waals surface area contributed by atoms with Crippen molar-refractivity contribution in [3.63, 3.8) is 0 Å². The molecule has 0 aliphatic carbocycles. The van der Waals surface area contributed by atoms with Crippen LogP contribution in [0.15, 0.2) is 84.0 Å². The number of benzene rings is 3. The van der Waals surface area contributed by atoms with Crippen LogP contribution in [0.1, 0.15) is 28.2 Å². The average molecular weight is 394 g/mol. The van der Waals surface area contributed by atoms with Gasteiger partial charge in [0.2, 0.25) is 0 Å². The van der Waals surface area contributed by atoms with E-state index in [2.05, 4.69) is 16.6 Å². The van der Waals surface area contributed by atoms with E-state index in [0.29, 0.717) is 23.5 Å². The molecular weight excluding hydrogens is 376 g/mol. The van der Waals surface area contributed by atoms with Crippen LogP contribution in [-0.2, 0) is 11.4 Å². The first kappa shape index (κ1) is 20.3. The fourth-order valence-corrected chi connectivity index (χ4v) is 2.66. The molecule has 0 fully saturated rings. The number of amides is 1. The van der Waals surface area contributed by atoms with Crippen LogP contribution in [0.4, 0.5) is 0 Å². The summed E-state index contributed by atoms with van der Waals surface area (Å²) in [5.41, 5.74) is 5.38. The number of hydrogen-bond acceptors (Lipinski definition) is 5. The van der Waals surface area contributed by atoms with Crippen LogP contribution in [0, 0.1) is 22.7 Å². The second kappa shape index (κ2) is 10.2. The van der Waals surface area contributed by atoms with Crippen LogP contribution in [0.3, 0.4) is 0 Å². The normalized spacial score (nSPS) is 11.3. The highest BCUT2D eigenvalue weighted by Gasteiger charge is 2.19. The SMILES string of the molecule is N#Cc1ccc(COc2ccc(/C=N\NC(=O)[C@H](C#N)c3ccccc3)cc2)cc1. The number of nitriles is 2. The average Bonchev–Trinajstić information content (AvgIpc) is 2.80. The third kappa shape index (κ3) is 5.54. The van der Waals surface area contributed by atoms with E-state index in [9.17, 15) is 10.1 Å². The summed E-state index contributed by atoms with van der Waals surface area (Å²) in [6, 6.07) is 27.3. The van der Waals surface area contributed by atoms with Crippen molar-refractivity contribution in [3.05, 3.63) is 101 Å². The highest BCUT2D eigenvalue weighted by atomic mass is 16.5. The van der Waals surface area contributed by atoms with Crippen LogP contribution >= 0.6 is 0 Å². The number of rotatable bonds is 7. The van der Waals surface area contributed by atoms with Crippen LogP contribution in [-0.4, -0.2) is 12.1 Å². The van der Waals surface area contributed by atoms with E-state index in [-0.39, 0.29) is 0 Å². The monoisotopic (exact) mass is 394 g/mol. The van der Waals surface area contributed by atoms with Crippen molar-refractivity contribution in [1.29, 1.82) is 10.5 Å². The Morgan fingerprint density at radius 2 is 1.70 bits per heavy atom. The zero-order valence-corrected chi connectivity index (χ0v) is 16.0. The predicted octanol–water partition coefficient (Wildman–Crippen LogP) is 3.89. The van der Waals surface area contributed by atoms with E-state index in [4.69, 9.17) is 10.00 Å². The van der Waals surface area contributed by atoms with Gasteiger partial charge in [0.15, 0.2) is 5.92 Å². The minimum absolute atomic E-state index is 0.393. The minimum Gasteiger partial charge on any atom is -0.489 e. The molecule has 3 rings (SSSR count). The summed E-state index contributed by atoms with van der Waals surface area (Å²) >= 11 is 0. The molecule has 3 aromatic carbocycles. The maximum absolute atomic E-state index is 12.2. The molecule has 1 atom stereocenters. The number of hydrazone groups is 1. The van der Waals surface area contributed by atoms with Gasteiger partial charge in [-0.2, -0.15) is 15.6 Å². The molecule has 146 valence electrons. The number of hydrogen-bond donors (Lipinski definition) is 1. The van der Waals surface area contributed by atoms with E-state index in [0.717, 1.165) is 11.1 Å². The molecule has 0 spiro atoms. The van der Waals surface area contributed by atoms with E-state index >= 15 is 0 Å². The third-order valence-electron chi connectivity index (χ3n) is 4.28. The topological polar surface area (TPSA) is 98.3 Å². The molecule has 30 heavy (non-hydrogen) atoms. The standard InChI is InChI=1S/C24H18N4O2/c25-14-18-6-8-20(9-7-18)17-30-22-12-10-19(11-13-22)16-27-28-24(29)23(15-26)21-4-2-1-3-5-21/h1-13,16,23H,17H2,(H,28,29)/b27-16-/t23-/m1/s1. The van der Waals surface area contributed by atoms with Crippen molar-refractivity contribution in [3.8, 4) is 17.9 Å². The molecule has 0 unspecified atom stereocenters. The summed E-state index contributed by atoms with van der Waals surface area (Å²) in [6.07, 6.45) is 1.50. The summed E-state index contributed by atoms with van der Waals surface area (Å²) < 4.78 is 5.73. The minimum atomic E-state index is -0.915. The maximum atomic E-state index is 12.2. The smallest absolute Gasteiger partial charge is 0.261 e. The van der Waals surface area contributed by atoms with Crippen LogP contribution in [0.5, 0.6) is 5.75 Å². The van der Waals surface area contributed by atoms with Crippen molar-refractivity contribution >= 4 is 12.1 Å². The Labute approximate surface area is 174 Å². The summed E-state index contributed by atoms with van der Waals surface area (Å²) in [5.74, 6) is -0.710. The van der Waals surface area contributed by atoms with Crippen molar-refractivity contribution in [2.24, 2.45) is 5.10 Å². The van der Waals surface area contributed by atoms with Crippen molar-refractivity contribution in [1.82, 2.24) is 5.43 Å². The van der Waals surface area contributed by atoms with E-state index in [1.807, 2.05) is 36.4 Å². The summed E-state index contributed by atoms with van der Waals surface area (Å²) in [4.78, 5) is 12.2. The zero-order chi connectivity index (χ0) is 21.2. The fourth-order valence-electron chi connectivity index (χ4n) is 2.66. The van der Waals surface area contributed by atoms with Gasteiger partial charge in [-0.15, -0.1) is 0 Å². The molecular formula is C24H18N4O2. The molecule has 0 aromatic heterocycles. The molecule has 0 bridgehead atoms. The van der Waals surface area contributed by atoms with Gasteiger partial charge < -0.3 is 4.74 Å². The van der Waals surface area contributed by atoms with Gasteiger partial charge in [0, 0.05) is 0 Å².